The molecular weight excluding hydrogens is 373 g/mol. The molecule has 1 aromatic carbocycles. The summed E-state index contributed by atoms with van der Waals surface area (Å²) in [6.45, 7) is 8.06. The molecule has 26 heavy (non-hydrogen) atoms. The minimum atomic E-state index is 0. The van der Waals surface area contributed by atoms with Gasteiger partial charge in [-0.3, -0.25) is 9.36 Å². The van der Waals surface area contributed by atoms with Crippen LogP contribution in [0.25, 0.3) is 10.9 Å². The van der Waals surface area contributed by atoms with Crippen molar-refractivity contribution >= 4 is 35.7 Å². The zero-order valence-corrected chi connectivity index (χ0v) is 17.9. The summed E-state index contributed by atoms with van der Waals surface area (Å²) in [5.74, 6) is 1.56. The van der Waals surface area contributed by atoms with Crippen molar-refractivity contribution in [1.29, 1.82) is 0 Å². The van der Waals surface area contributed by atoms with Gasteiger partial charge in [-0.05, 0) is 50.0 Å². The van der Waals surface area contributed by atoms with Gasteiger partial charge in [-0.25, -0.2) is 4.98 Å². The second-order valence-electron chi connectivity index (χ2n) is 7.42. The number of hydrogen-bond donors (Lipinski definition) is 1. The Morgan fingerprint density at radius 3 is 2.46 bits per heavy atom. The Kier molecular flexibility index (Phi) is 10.2. The molecule has 0 aliphatic heterocycles. The number of hydrogen-bond acceptors (Lipinski definition) is 4. The molecule has 0 aliphatic carbocycles. The zero-order valence-electron chi connectivity index (χ0n) is 16.3. The van der Waals surface area contributed by atoms with Crippen molar-refractivity contribution in [3.05, 3.63) is 34.4 Å². The molecule has 0 bridgehead atoms. The van der Waals surface area contributed by atoms with Crippen molar-refractivity contribution in [2.45, 2.75) is 46.6 Å². The summed E-state index contributed by atoms with van der Waals surface area (Å²) in [6.07, 6.45) is 2.90. The first kappa shape index (κ1) is 24.7. The lowest BCUT2D eigenvalue weighted by atomic mass is 9.96. The Balaban J connectivity index is 0.00000312. The fourth-order valence-electron chi connectivity index (χ4n) is 2.79. The number of ether oxygens (including phenoxy) is 1. The van der Waals surface area contributed by atoms with Gasteiger partial charge in [-0.2, -0.15) is 0 Å². The van der Waals surface area contributed by atoms with Crippen LogP contribution in [0.1, 0.15) is 39.4 Å². The van der Waals surface area contributed by atoms with Crippen LogP contribution in [0.4, 0.5) is 0 Å². The smallest absolute Gasteiger partial charge is 0.261 e. The van der Waals surface area contributed by atoms with E-state index >= 15 is 0 Å². The molecule has 1 N–H and O–H groups in total. The third-order valence-corrected chi connectivity index (χ3v) is 3.95. The number of rotatable bonds is 7. The van der Waals surface area contributed by atoms with E-state index in [0.29, 0.717) is 17.7 Å². The first-order valence-corrected chi connectivity index (χ1v) is 8.58. The molecular formula is C19H31Cl2N3O2. The standard InChI is InChI=1S/C19H29N3O2.2ClH/c1-19(2,3)13-22-17(8-6-7-11-20-4)21-16-10-9-14(24-5)12-15(16)18(22)23;;/h9-10,12,20H,6-8,11,13H2,1-5H3;2*1H. The van der Waals surface area contributed by atoms with Gasteiger partial charge < -0.3 is 10.1 Å². The fourth-order valence-corrected chi connectivity index (χ4v) is 2.79. The average molecular weight is 404 g/mol. The number of unbranched alkanes of at least 4 members (excludes halogenated alkanes) is 1. The lowest BCUT2D eigenvalue weighted by Gasteiger charge is -2.22. The van der Waals surface area contributed by atoms with E-state index in [1.807, 2.05) is 23.7 Å². The number of benzene rings is 1. The van der Waals surface area contributed by atoms with E-state index in [1.165, 1.54) is 0 Å². The molecule has 0 unspecified atom stereocenters. The van der Waals surface area contributed by atoms with E-state index < -0.39 is 0 Å². The van der Waals surface area contributed by atoms with Crippen LogP contribution in [-0.2, 0) is 13.0 Å². The minimum absolute atomic E-state index is 0. The monoisotopic (exact) mass is 403 g/mol. The van der Waals surface area contributed by atoms with Crippen molar-refractivity contribution in [3.63, 3.8) is 0 Å². The third kappa shape index (κ3) is 6.45. The van der Waals surface area contributed by atoms with Gasteiger partial charge >= 0.3 is 0 Å². The number of halogens is 2. The minimum Gasteiger partial charge on any atom is -0.497 e. The summed E-state index contributed by atoms with van der Waals surface area (Å²) < 4.78 is 7.11. The Labute approximate surface area is 168 Å². The summed E-state index contributed by atoms with van der Waals surface area (Å²) in [6, 6.07) is 5.51. The lowest BCUT2D eigenvalue weighted by Crippen LogP contribution is -2.30. The maximum Gasteiger partial charge on any atom is 0.261 e. The van der Waals surface area contributed by atoms with E-state index in [2.05, 4.69) is 26.1 Å². The molecule has 1 heterocycles. The normalized spacial score (nSPS) is 11.0. The SMILES string of the molecule is CNCCCCc1nc2ccc(OC)cc2c(=O)n1CC(C)(C)C.Cl.Cl. The number of aryl methyl sites for hydroxylation is 1. The maximum atomic E-state index is 13.0. The van der Waals surface area contributed by atoms with Gasteiger partial charge in [-0.15, -0.1) is 24.8 Å². The predicted octanol–water partition coefficient (Wildman–Crippen LogP) is 3.84. The number of nitrogens with zero attached hydrogens (tertiary/aromatic N) is 2. The average Bonchev–Trinajstić information content (AvgIpc) is 2.53. The second-order valence-corrected chi connectivity index (χ2v) is 7.42. The summed E-state index contributed by atoms with van der Waals surface area (Å²) in [7, 11) is 3.57. The maximum absolute atomic E-state index is 13.0. The number of nitrogens with one attached hydrogen (secondary N) is 1. The molecule has 0 aliphatic rings. The molecule has 0 saturated heterocycles. The molecule has 2 aromatic rings. The van der Waals surface area contributed by atoms with Crippen LogP contribution >= 0.6 is 24.8 Å². The van der Waals surface area contributed by atoms with Crippen LogP contribution in [0.15, 0.2) is 23.0 Å². The van der Waals surface area contributed by atoms with E-state index in [-0.39, 0.29) is 35.8 Å². The highest BCUT2D eigenvalue weighted by Crippen LogP contribution is 2.20. The molecule has 2 rings (SSSR count). The fraction of sp³-hybridized carbons (Fsp3) is 0.579. The highest BCUT2D eigenvalue weighted by atomic mass is 35.5. The van der Waals surface area contributed by atoms with Crippen LogP contribution in [0, 0.1) is 5.41 Å². The molecule has 5 nitrogen and oxygen atoms in total. The van der Waals surface area contributed by atoms with Crippen LogP contribution in [0.2, 0.25) is 0 Å². The zero-order chi connectivity index (χ0) is 17.7. The van der Waals surface area contributed by atoms with E-state index in [0.717, 1.165) is 37.1 Å². The van der Waals surface area contributed by atoms with Crippen LogP contribution in [0.3, 0.4) is 0 Å². The number of fused-ring (bicyclic) bond motifs is 1. The van der Waals surface area contributed by atoms with Gasteiger partial charge in [0.25, 0.3) is 5.56 Å². The first-order valence-electron chi connectivity index (χ1n) is 8.58. The molecule has 0 saturated carbocycles. The van der Waals surface area contributed by atoms with Crippen molar-refractivity contribution in [2.24, 2.45) is 5.41 Å². The van der Waals surface area contributed by atoms with Gasteiger partial charge in [0.05, 0.1) is 18.0 Å². The van der Waals surface area contributed by atoms with E-state index in [1.54, 1.807) is 13.2 Å². The predicted molar refractivity (Wildman–Crippen MR) is 113 cm³/mol. The highest BCUT2D eigenvalue weighted by Gasteiger charge is 2.18. The molecule has 0 atom stereocenters. The quantitative estimate of drug-likeness (QED) is 0.713. The lowest BCUT2D eigenvalue weighted by molar-refractivity contribution is 0.330. The van der Waals surface area contributed by atoms with Gasteiger partial charge in [0.1, 0.15) is 11.6 Å². The van der Waals surface area contributed by atoms with E-state index in [9.17, 15) is 4.79 Å². The van der Waals surface area contributed by atoms with Gasteiger partial charge in [0, 0.05) is 13.0 Å². The van der Waals surface area contributed by atoms with Crippen LogP contribution < -0.4 is 15.6 Å². The summed E-state index contributed by atoms with van der Waals surface area (Å²) in [4.78, 5) is 17.8. The van der Waals surface area contributed by atoms with Crippen molar-refractivity contribution in [2.75, 3.05) is 20.7 Å². The molecule has 148 valence electrons. The molecule has 1 aromatic heterocycles. The molecule has 0 amide bonds. The molecule has 7 heteroatoms. The van der Waals surface area contributed by atoms with Crippen molar-refractivity contribution in [1.82, 2.24) is 14.9 Å². The number of methoxy groups -OCH3 is 1. The van der Waals surface area contributed by atoms with Gasteiger partial charge in [0.2, 0.25) is 0 Å². The number of aromatic nitrogens is 2. The van der Waals surface area contributed by atoms with Gasteiger partial charge in [0.15, 0.2) is 0 Å². The van der Waals surface area contributed by atoms with Crippen LogP contribution in [0.5, 0.6) is 5.75 Å². The highest BCUT2D eigenvalue weighted by molar-refractivity contribution is 5.85. The Morgan fingerprint density at radius 1 is 1.19 bits per heavy atom. The molecule has 0 radical (unpaired) electrons. The first-order chi connectivity index (χ1) is 11.4. The van der Waals surface area contributed by atoms with Crippen molar-refractivity contribution < 1.29 is 4.74 Å². The van der Waals surface area contributed by atoms with Crippen molar-refractivity contribution in [3.8, 4) is 5.75 Å². The summed E-state index contributed by atoms with van der Waals surface area (Å²) in [5, 5.41) is 3.78. The van der Waals surface area contributed by atoms with E-state index in [4.69, 9.17) is 9.72 Å². The van der Waals surface area contributed by atoms with Crippen LogP contribution in [-0.4, -0.2) is 30.3 Å². The molecule has 0 spiro atoms. The topological polar surface area (TPSA) is 56.2 Å². The Bertz CT molecular complexity index is 755. The summed E-state index contributed by atoms with van der Waals surface area (Å²) in [5.41, 5.74) is 0.782. The third-order valence-electron chi connectivity index (χ3n) is 3.95. The largest absolute Gasteiger partial charge is 0.497 e. The van der Waals surface area contributed by atoms with Gasteiger partial charge in [-0.1, -0.05) is 20.8 Å². The molecule has 0 fully saturated rings. The Morgan fingerprint density at radius 2 is 1.88 bits per heavy atom. The second kappa shape index (κ2) is 10.8. The summed E-state index contributed by atoms with van der Waals surface area (Å²) >= 11 is 0. The Hall–Kier alpha value is -1.30.